The van der Waals surface area contributed by atoms with E-state index >= 15 is 0 Å². The second kappa shape index (κ2) is 5.05. The molecule has 20 heavy (non-hydrogen) atoms. The number of nitrogens with one attached hydrogen (secondary N) is 3. The molecule has 1 aromatic heterocycles. The summed E-state index contributed by atoms with van der Waals surface area (Å²) < 4.78 is 13.7. The van der Waals surface area contributed by atoms with Gasteiger partial charge in [-0.05, 0) is 24.6 Å². The molecule has 0 unspecified atom stereocenters. The van der Waals surface area contributed by atoms with Gasteiger partial charge in [-0.2, -0.15) is 5.10 Å². The molecule has 0 saturated heterocycles. The minimum absolute atomic E-state index is 0.168. The molecule has 0 atom stereocenters. The zero-order valence-corrected chi connectivity index (χ0v) is 11.1. The van der Waals surface area contributed by atoms with Crippen LogP contribution in [-0.2, 0) is 13.0 Å². The first-order valence-corrected chi connectivity index (χ1v) is 6.49. The standard InChI is InChI=1S/C14H15FN4O/c1-8-2-3-12(10(15)6-8)17-14(20)13-9-7-16-5-4-11(9)18-19-13/h2-3,6,16H,4-5,7H2,1H3,(H,17,20)(H,18,19). The van der Waals surface area contributed by atoms with Gasteiger partial charge in [0.05, 0.1) is 5.69 Å². The molecule has 1 amide bonds. The van der Waals surface area contributed by atoms with Gasteiger partial charge in [0, 0.05) is 30.8 Å². The Morgan fingerprint density at radius 1 is 1.45 bits per heavy atom. The molecule has 0 bridgehead atoms. The molecule has 1 aliphatic rings. The summed E-state index contributed by atoms with van der Waals surface area (Å²) in [6.07, 6.45) is 0.814. The lowest BCUT2D eigenvalue weighted by molar-refractivity contribution is 0.102. The van der Waals surface area contributed by atoms with Crippen LogP contribution in [0.5, 0.6) is 0 Å². The van der Waals surface area contributed by atoms with Gasteiger partial charge in [-0.25, -0.2) is 4.39 Å². The Morgan fingerprint density at radius 2 is 2.30 bits per heavy atom. The molecule has 0 saturated carbocycles. The van der Waals surface area contributed by atoms with Crippen molar-refractivity contribution in [2.45, 2.75) is 19.9 Å². The molecule has 104 valence electrons. The van der Waals surface area contributed by atoms with Crippen molar-refractivity contribution in [2.24, 2.45) is 0 Å². The van der Waals surface area contributed by atoms with Crippen molar-refractivity contribution in [2.75, 3.05) is 11.9 Å². The average Bonchev–Trinajstić information content (AvgIpc) is 2.86. The Balaban J connectivity index is 1.84. The fourth-order valence-electron chi connectivity index (χ4n) is 2.32. The largest absolute Gasteiger partial charge is 0.318 e. The van der Waals surface area contributed by atoms with Crippen molar-refractivity contribution in [3.63, 3.8) is 0 Å². The highest BCUT2D eigenvalue weighted by molar-refractivity contribution is 6.04. The molecule has 0 spiro atoms. The lowest BCUT2D eigenvalue weighted by Crippen LogP contribution is -2.25. The molecule has 6 heteroatoms. The molecule has 0 fully saturated rings. The van der Waals surface area contributed by atoms with Crippen LogP contribution in [0.1, 0.15) is 27.3 Å². The number of carbonyl (C=O) groups is 1. The van der Waals surface area contributed by atoms with Crippen LogP contribution in [0.4, 0.5) is 10.1 Å². The van der Waals surface area contributed by atoms with E-state index in [1.54, 1.807) is 19.1 Å². The Kier molecular flexibility index (Phi) is 3.23. The number of fused-ring (bicyclic) bond motifs is 1. The summed E-state index contributed by atoms with van der Waals surface area (Å²) >= 11 is 0. The van der Waals surface area contributed by atoms with E-state index in [9.17, 15) is 9.18 Å². The van der Waals surface area contributed by atoms with Gasteiger partial charge in [-0.3, -0.25) is 9.89 Å². The number of H-pyrrole nitrogens is 1. The molecule has 0 radical (unpaired) electrons. The molecule has 0 aliphatic carbocycles. The first-order valence-electron chi connectivity index (χ1n) is 6.49. The van der Waals surface area contributed by atoms with Crippen LogP contribution in [0.3, 0.4) is 0 Å². The summed E-state index contributed by atoms with van der Waals surface area (Å²) in [6.45, 7) is 3.26. The third-order valence-electron chi connectivity index (χ3n) is 3.39. The van der Waals surface area contributed by atoms with Crippen LogP contribution in [0.15, 0.2) is 18.2 Å². The van der Waals surface area contributed by atoms with Crippen molar-refractivity contribution in [1.29, 1.82) is 0 Å². The van der Waals surface area contributed by atoms with Gasteiger partial charge in [-0.15, -0.1) is 0 Å². The number of anilines is 1. The number of hydrogen-bond acceptors (Lipinski definition) is 3. The van der Waals surface area contributed by atoms with Gasteiger partial charge in [-0.1, -0.05) is 6.07 Å². The van der Waals surface area contributed by atoms with Crippen LogP contribution >= 0.6 is 0 Å². The van der Waals surface area contributed by atoms with Crippen molar-refractivity contribution in [3.05, 3.63) is 46.5 Å². The fraction of sp³-hybridized carbons (Fsp3) is 0.286. The number of halogens is 1. The number of amides is 1. The number of hydrogen-bond donors (Lipinski definition) is 3. The number of aromatic nitrogens is 2. The zero-order chi connectivity index (χ0) is 14.1. The summed E-state index contributed by atoms with van der Waals surface area (Å²) in [5.74, 6) is -0.838. The van der Waals surface area contributed by atoms with Gasteiger partial charge < -0.3 is 10.6 Å². The molecule has 1 aliphatic heterocycles. The predicted octanol–water partition coefficient (Wildman–Crippen LogP) is 1.76. The van der Waals surface area contributed by atoms with Crippen molar-refractivity contribution < 1.29 is 9.18 Å². The van der Waals surface area contributed by atoms with E-state index < -0.39 is 11.7 Å². The Morgan fingerprint density at radius 3 is 3.10 bits per heavy atom. The van der Waals surface area contributed by atoms with Gasteiger partial charge in [0.25, 0.3) is 5.91 Å². The molecular weight excluding hydrogens is 259 g/mol. The number of benzene rings is 1. The van der Waals surface area contributed by atoms with E-state index in [-0.39, 0.29) is 5.69 Å². The summed E-state index contributed by atoms with van der Waals surface area (Å²) in [6, 6.07) is 4.69. The van der Waals surface area contributed by atoms with Crippen molar-refractivity contribution >= 4 is 11.6 Å². The first-order chi connectivity index (χ1) is 9.65. The van der Waals surface area contributed by atoms with E-state index in [1.807, 2.05) is 0 Å². The smallest absolute Gasteiger partial charge is 0.276 e. The van der Waals surface area contributed by atoms with Gasteiger partial charge >= 0.3 is 0 Å². The van der Waals surface area contributed by atoms with E-state index in [4.69, 9.17) is 0 Å². The van der Waals surface area contributed by atoms with Gasteiger partial charge in [0.2, 0.25) is 0 Å². The molecule has 2 heterocycles. The van der Waals surface area contributed by atoms with Crippen molar-refractivity contribution in [1.82, 2.24) is 15.5 Å². The lowest BCUT2D eigenvalue weighted by atomic mass is 10.1. The summed E-state index contributed by atoms with van der Waals surface area (Å²) in [5, 5.41) is 12.7. The monoisotopic (exact) mass is 274 g/mol. The molecule has 3 rings (SSSR count). The van der Waals surface area contributed by atoms with Crippen LogP contribution < -0.4 is 10.6 Å². The van der Waals surface area contributed by atoms with Crippen molar-refractivity contribution in [3.8, 4) is 0 Å². The van der Waals surface area contributed by atoms with E-state index in [0.29, 0.717) is 12.2 Å². The van der Waals surface area contributed by atoms with E-state index in [0.717, 1.165) is 29.8 Å². The quantitative estimate of drug-likeness (QED) is 0.781. The molecule has 3 N–H and O–H groups in total. The number of rotatable bonds is 2. The van der Waals surface area contributed by atoms with E-state index in [2.05, 4.69) is 20.8 Å². The Bertz CT molecular complexity index is 665. The highest BCUT2D eigenvalue weighted by Crippen LogP contribution is 2.19. The Labute approximate surface area is 115 Å². The number of carbonyl (C=O) groups excluding carboxylic acids is 1. The van der Waals surface area contributed by atoms with Gasteiger partial charge in [0.15, 0.2) is 5.69 Å². The minimum Gasteiger partial charge on any atom is -0.318 e. The molecule has 5 nitrogen and oxygen atoms in total. The zero-order valence-electron chi connectivity index (χ0n) is 11.1. The van der Waals surface area contributed by atoms with Crippen LogP contribution in [0, 0.1) is 12.7 Å². The van der Waals surface area contributed by atoms with Crippen LogP contribution in [0.2, 0.25) is 0 Å². The highest BCUT2D eigenvalue weighted by Gasteiger charge is 2.22. The first kappa shape index (κ1) is 12.8. The summed E-state index contributed by atoms with van der Waals surface area (Å²) in [4.78, 5) is 12.2. The van der Waals surface area contributed by atoms with Crippen LogP contribution in [-0.4, -0.2) is 22.6 Å². The van der Waals surface area contributed by atoms with Gasteiger partial charge in [0.1, 0.15) is 5.82 Å². The summed E-state index contributed by atoms with van der Waals surface area (Å²) in [7, 11) is 0. The topological polar surface area (TPSA) is 69.8 Å². The van der Waals surface area contributed by atoms with Crippen LogP contribution in [0.25, 0.3) is 0 Å². The molecule has 1 aromatic carbocycles. The Hall–Kier alpha value is -2.21. The third kappa shape index (κ3) is 2.30. The predicted molar refractivity (Wildman–Crippen MR) is 73.1 cm³/mol. The molecule has 2 aromatic rings. The van der Waals surface area contributed by atoms with E-state index in [1.165, 1.54) is 6.07 Å². The number of nitrogens with zero attached hydrogens (tertiary/aromatic N) is 1. The normalized spacial score (nSPS) is 13.9. The maximum Gasteiger partial charge on any atom is 0.276 e. The number of aromatic amines is 1. The third-order valence-corrected chi connectivity index (χ3v) is 3.39. The second-order valence-corrected chi connectivity index (χ2v) is 4.89. The maximum atomic E-state index is 13.7. The number of aryl methyl sites for hydroxylation is 1. The lowest BCUT2D eigenvalue weighted by Gasteiger charge is -2.13. The summed E-state index contributed by atoms with van der Waals surface area (Å²) in [5.41, 5.74) is 3.13. The highest BCUT2D eigenvalue weighted by atomic mass is 19.1. The minimum atomic E-state index is -0.444. The maximum absolute atomic E-state index is 13.7. The second-order valence-electron chi connectivity index (χ2n) is 4.89. The fourth-order valence-corrected chi connectivity index (χ4v) is 2.32. The average molecular weight is 274 g/mol. The SMILES string of the molecule is Cc1ccc(NC(=O)c2n[nH]c3c2CNCC3)c(F)c1. The molecular formula is C14H15FN4O.